The van der Waals surface area contributed by atoms with Gasteiger partial charge in [0.2, 0.25) is 0 Å². The van der Waals surface area contributed by atoms with Gasteiger partial charge in [0.1, 0.15) is 24.6 Å². The van der Waals surface area contributed by atoms with Crippen molar-refractivity contribution in [3.63, 3.8) is 0 Å². The van der Waals surface area contributed by atoms with Gasteiger partial charge in [-0.15, -0.1) is 0 Å². The molecule has 7 heteroatoms. The van der Waals surface area contributed by atoms with Crippen LogP contribution >= 0.6 is 0 Å². The molecule has 0 saturated carbocycles. The molecule has 1 heterocycles. The Balaban J connectivity index is 2.38. The maximum Gasteiger partial charge on any atom is 0.322 e. The second-order valence-corrected chi connectivity index (χ2v) is 9.47. The molecule has 0 atom stereocenters. The highest BCUT2D eigenvalue weighted by molar-refractivity contribution is 5.94. The van der Waals surface area contributed by atoms with Crippen molar-refractivity contribution in [3.05, 3.63) is 52.8 Å². The van der Waals surface area contributed by atoms with Gasteiger partial charge in [-0.1, -0.05) is 46.8 Å². The molecule has 0 bridgehead atoms. The number of carboxylic acids is 1. The van der Waals surface area contributed by atoms with Crippen molar-refractivity contribution in [1.82, 2.24) is 9.88 Å². The molecule has 1 aromatic carbocycles. The minimum absolute atomic E-state index is 0.0308. The number of ketones is 1. The summed E-state index contributed by atoms with van der Waals surface area (Å²) in [6, 6.07) is 9.68. The van der Waals surface area contributed by atoms with E-state index in [1.807, 2.05) is 57.5 Å². The van der Waals surface area contributed by atoms with Gasteiger partial charge in [-0.3, -0.25) is 14.4 Å². The fourth-order valence-corrected chi connectivity index (χ4v) is 4.10. The second-order valence-electron chi connectivity index (χ2n) is 9.47. The first-order valence-corrected chi connectivity index (χ1v) is 11.3. The molecule has 2 aromatic rings. The summed E-state index contributed by atoms with van der Waals surface area (Å²) >= 11 is 0. The molecule has 0 aliphatic carbocycles. The molecular formula is C26H36N2O5. The number of hydrogen-bond donors (Lipinski definition) is 2. The Bertz CT molecular complexity index is 1030. The van der Waals surface area contributed by atoms with E-state index in [1.165, 1.54) is 0 Å². The van der Waals surface area contributed by atoms with Crippen LogP contribution in [0.5, 0.6) is 5.75 Å². The molecule has 0 saturated heterocycles. The Kier molecular flexibility index (Phi) is 8.11. The van der Waals surface area contributed by atoms with E-state index < -0.39 is 23.8 Å². The van der Waals surface area contributed by atoms with Crippen molar-refractivity contribution in [2.45, 2.75) is 59.8 Å². The Hall–Kier alpha value is -3.09. The fourth-order valence-electron chi connectivity index (χ4n) is 4.10. The monoisotopic (exact) mass is 456 g/mol. The minimum atomic E-state index is -1.09. The number of nitrogens with zero attached hydrogens (tertiary/aromatic N) is 1. The molecular weight excluding hydrogens is 420 g/mol. The number of carboxylic acid groups (broad SMARTS) is 1. The highest BCUT2D eigenvalue weighted by Gasteiger charge is 2.34. The molecule has 33 heavy (non-hydrogen) atoms. The zero-order valence-corrected chi connectivity index (χ0v) is 20.7. The number of ether oxygens (including phenoxy) is 1. The number of nitrogens with one attached hydrogen (secondary N) is 1. The standard InChI is InChI=1S/C26H36N2O5/c1-8-26(9-2,21-13-11-19(28(21)7)24(32)27-15-23(30)31)18-10-12-20(17(3)14-18)33-16-22(29)25(4,5)6/h10-14H,8-9,15-16H2,1-7H3,(H,27,32)(H,30,31). The summed E-state index contributed by atoms with van der Waals surface area (Å²) in [7, 11) is 1.83. The first-order valence-electron chi connectivity index (χ1n) is 11.3. The Morgan fingerprint density at radius 2 is 1.70 bits per heavy atom. The first kappa shape index (κ1) is 26.2. The van der Waals surface area contributed by atoms with Crippen LogP contribution in [0.1, 0.15) is 74.8 Å². The van der Waals surface area contributed by atoms with E-state index in [9.17, 15) is 14.4 Å². The summed E-state index contributed by atoms with van der Waals surface area (Å²) < 4.78 is 7.65. The van der Waals surface area contributed by atoms with Gasteiger partial charge in [-0.2, -0.15) is 0 Å². The van der Waals surface area contributed by atoms with Crippen LogP contribution in [0.3, 0.4) is 0 Å². The summed E-state index contributed by atoms with van der Waals surface area (Å²) in [4.78, 5) is 35.5. The number of carbonyl (C=O) groups is 3. The lowest BCUT2D eigenvalue weighted by Crippen LogP contribution is -2.33. The summed E-state index contributed by atoms with van der Waals surface area (Å²) in [5, 5.41) is 11.3. The van der Waals surface area contributed by atoms with Crippen molar-refractivity contribution in [3.8, 4) is 5.75 Å². The lowest BCUT2D eigenvalue weighted by molar-refractivity contribution is -0.135. The Labute approximate surface area is 196 Å². The molecule has 1 amide bonds. The fraction of sp³-hybridized carbons (Fsp3) is 0.500. The lowest BCUT2D eigenvalue weighted by atomic mass is 9.72. The number of Topliss-reactive ketones (excluding diaryl/α,β-unsaturated/α-hetero) is 1. The highest BCUT2D eigenvalue weighted by atomic mass is 16.5. The lowest BCUT2D eigenvalue weighted by Gasteiger charge is -2.34. The zero-order valence-electron chi connectivity index (χ0n) is 20.7. The molecule has 0 aliphatic heterocycles. The third-order valence-corrected chi connectivity index (χ3v) is 6.37. The van der Waals surface area contributed by atoms with E-state index in [-0.39, 0.29) is 17.8 Å². The SMILES string of the molecule is CCC(CC)(c1ccc(OCC(=O)C(C)(C)C)c(C)c1)c1ccc(C(=O)NCC(=O)O)n1C. The van der Waals surface area contributed by atoms with Gasteiger partial charge in [0.25, 0.3) is 5.91 Å². The van der Waals surface area contributed by atoms with Crippen LogP contribution in [0.25, 0.3) is 0 Å². The van der Waals surface area contributed by atoms with Crippen LogP contribution < -0.4 is 10.1 Å². The van der Waals surface area contributed by atoms with Gasteiger partial charge in [0.05, 0.1) is 0 Å². The predicted octanol–water partition coefficient (Wildman–Crippen LogP) is 4.25. The molecule has 0 spiro atoms. The summed E-state index contributed by atoms with van der Waals surface area (Å²) in [6.45, 7) is 11.4. The van der Waals surface area contributed by atoms with Gasteiger partial charge < -0.3 is 19.7 Å². The number of hydrogen-bond acceptors (Lipinski definition) is 4. The molecule has 0 fully saturated rings. The van der Waals surface area contributed by atoms with Gasteiger partial charge in [0, 0.05) is 23.6 Å². The molecule has 2 rings (SSSR count). The van der Waals surface area contributed by atoms with Crippen LogP contribution in [-0.4, -0.2) is 40.5 Å². The van der Waals surface area contributed by atoms with Crippen LogP contribution in [0.4, 0.5) is 0 Å². The molecule has 2 N–H and O–H groups in total. The normalized spacial score (nSPS) is 11.8. The van der Waals surface area contributed by atoms with Crippen molar-refractivity contribution in [2.24, 2.45) is 12.5 Å². The highest BCUT2D eigenvalue weighted by Crippen LogP contribution is 2.40. The molecule has 180 valence electrons. The minimum Gasteiger partial charge on any atom is -0.486 e. The molecule has 0 unspecified atom stereocenters. The third-order valence-electron chi connectivity index (χ3n) is 6.37. The van der Waals surface area contributed by atoms with Crippen LogP contribution in [0, 0.1) is 12.3 Å². The quantitative estimate of drug-likeness (QED) is 0.557. The first-order chi connectivity index (χ1) is 15.4. The summed E-state index contributed by atoms with van der Waals surface area (Å²) in [5.74, 6) is -0.787. The maximum absolute atomic E-state index is 12.5. The van der Waals surface area contributed by atoms with Crippen LogP contribution in [0.2, 0.25) is 0 Å². The largest absolute Gasteiger partial charge is 0.486 e. The van der Waals surface area contributed by atoms with E-state index in [2.05, 4.69) is 25.2 Å². The van der Waals surface area contributed by atoms with Crippen molar-refractivity contribution in [1.29, 1.82) is 0 Å². The molecule has 0 radical (unpaired) electrons. The molecule has 0 aliphatic rings. The smallest absolute Gasteiger partial charge is 0.322 e. The third kappa shape index (κ3) is 5.64. The number of aryl methyl sites for hydroxylation is 1. The van der Waals surface area contributed by atoms with E-state index in [0.717, 1.165) is 29.7 Å². The number of benzene rings is 1. The predicted molar refractivity (Wildman–Crippen MR) is 128 cm³/mol. The summed E-state index contributed by atoms with van der Waals surface area (Å²) in [5.41, 5.74) is 2.63. The maximum atomic E-state index is 12.5. The number of amides is 1. The number of rotatable bonds is 10. The number of aliphatic carboxylic acids is 1. The average Bonchev–Trinajstić information content (AvgIpc) is 3.13. The van der Waals surface area contributed by atoms with Gasteiger partial charge in [-0.05, 0) is 49.1 Å². The van der Waals surface area contributed by atoms with Gasteiger partial charge in [0.15, 0.2) is 5.78 Å². The van der Waals surface area contributed by atoms with Crippen molar-refractivity contribution < 1.29 is 24.2 Å². The average molecular weight is 457 g/mol. The number of aromatic nitrogens is 1. The van der Waals surface area contributed by atoms with Crippen LogP contribution in [-0.2, 0) is 22.1 Å². The summed E-state index contributed by atoms with van der Waals surface area (Å²) in [6.07, 6.45) is 1.61. The number of carbonyl (C=O) groups excluding carboxylic acids is 2. The van der Waals surface area contributed by atoms with Gasteiger partial charge >= 0.3 is 5.97 Å². The molecule has 7 nitrogen and oxygen atoms in total. The molecule has 1 aromatic heterocycles. The van der Waals surface area contributed by atoms with E-state index >= 15 is 0 Å². The topological polar surface area (TPSA) is 97.6 Å². The van der Waals surface area contributed by atoms with E-state index in [1.54, 1.807) is 6.07 Å². The van der Waals surface area contributed by atoms with Crippen molar-refractivity contribution >= 4 is 17.7 Å². The van der Waals surface area contributed by atoms with Crippen molar-refractivity contribution in [2.75, 3.05) is 13.2 Å². The second kappa shape index (κ2) is 10.2. The van der Waals surface area contributed by atoms with E-state index in [0.29, 0.717) is 11.4 Å². The Morgan fingerprint density at radius 1 is 1.06 bits per heavy atom. The Morgan fingerprint density at radius 3 is 2.21 bits per heavy atom. The van der Waals surface area contributed by atoms with E-state index in [4.69, 9.17) is 9.84 Å². The van der Waals surface area contributed by atoms with Gasteiger partial charge in [-0.25, -0.2) is 0 Å². The zero-order chi connectivity index (χ0) is 25.0. The van der Waals surface area contributed by atoms with Crippen LogP contribution in [0.15, 0.2) is 30.3 Å².